The molecule has 2 aliphatic carbocycles. The molecule has 0 unspecified atom stereocenters. The lowest BCUT2D eigenvalue weighted by Crippen LogP contribution is -2.50. The maximum atomic E-state index is 12.4. The van der Waals surface area contributed by atoms with Crippen LogP contribution >= 0.6 is 0 Å². The van der Waals surface area contributed by atoms with E-state index in [-0.39, 0.29) is 23.1 Å². The largest absolute Gasteiger partial charge is 0.466 e. The quantitative estimate of drug-likeness (QED) is 0.546. The van der Waals surface area contributed by atoms with Gasteiger partial charge in [-0.3, -0.25) is 9.59 Å². The fraction of sp³-hybridized carbons (Fsp3) is 0.714. The lowest BCUT2D eigenvalue weighted by Gasteiger charge is -2.46. The Kier molecular flexibility index (Phi) is 2.88. The third-order valence-electron chi connectivity index (χ3n) is 4.11. The van der Waals surface area contributed by atoms with E-state index in [2.05, 4.69) is 6.08 Å². The molecule has 0 saturated heterocycles. The maximum absolute atomic E-state index is 12.4. The van der Waals surface area contributed by atoms with Crippen LogP contribution < -0.4 is 0 Å². The first-order valence-corrected chi connectivity index (χ1v) is 6.30. The molecule has 94 valence electrons. The number of hydrogen-bond donors (Lipinski definition) is 0. The van der Waals surface area contributed by atoms with Crippen LogP contribution in [0.2, 0.25) is 0 Å². The molecule has 0 aromatic heterocycles. The van der Waals surface area contributed by atoms with Crippen molar-refractivity contribution in [2.24, 2.45) is 16.7 Å². The first kappa shape index (κ1) is 12.3. The summed E-state index contributed by atoms with van der Waals surface area (Å²) in [5.74, 6) is 0.00778. The second kappa shape index (κ2) is 3.97. The van der Waals surface area contributed by atoms with Crippen molar-refractivity contribution in [1.82, 2.24) is 0 Å². The van der Waals surface area contributed by atoms with Crippen LogP contribution in [0.25, 0.3) is 0 Å². The molecule has 17 heavy (non-hydrogen) atoms. The van der Waals surface area contributed by atoms with Crippen LogP contribution in [0.15, 0.2) is 12.2 Å². The van der Waals surface area contributed by atoms with Gasteiger partial charge in [0.15, 0.2) is 0 Å². The van der Waals surface area contributed by atoms with Gasteiger partial charge in [-0.2, -0.15) is 0 Å². The molecule has 1 saturated carbocycles. The van der Waals surface area contributed by atoms with Gasteiger partial charge < -0.3 is 4.74 Å². The number of allylic oxidation sites excluding steroid dienone is 2. The lowest BCUT2D eigenvalue weighted by molar-refractivity contribution is -0.157. The molecule has 3 nitrogen and oxygen atoms in total. The van der Waals surface area contributed by atoms with Crippen molar-refractivity contribution >= 4 is 11.8 Å². The van der Waals surface area contributed by atoms with Gasteiger partial charge in [0.25, 0.3) is 0 Å². The highest BCUT2D eigenvalue weighted by Gasteiger charge is 2.53. The van der Waals surface area contributed by atoms with Crippen molar-refractivity contribution in [2.75, 3.05) is 6.61 Å². The van der Waals surface area contributed by atoms with Gasteiger partial charge in [0, 0.05) is 10.8 Å². The summed E-state index contributed by atoms with van der Waals surface area (Å²) in [4.78, 5) is 24.2. The second-order valence-corrected chi connectivity index (χ2v) is 5.77. The van der Waals surface area contributed by atoms with Crippen molar-refractivity contribution < 1.29 is 14.3 Å². The van der Waals surface area contributed by atoms with Crippen molar-refractivity contribution in [3.8, 4) is 0 Å². The summed E-state index contributed by atoms with van der Waals surface area (Å²) in [6.07, 6.45) is 6.03. The van der Waals surface area contributed by atoms with Crippen molar-refractivity contribution in [3.05, 3.63) is 12.2 Å². The molecule has 2 bridgehead atoms. The van der Waals surface area contributed by atoms with E-state index >= 15 is 0 Å². The fourth-order valence-corrected chi connectivity index (χ4v) is 3.33. The monoisotopic (exact) mass is 236 g/mol. The topological polar surface area (TPSA) is 43.4 Å². The Balaban J connectivity index is 2.26. The van der Waals surface area contributed by atoms with E-state index in [0.717, 1.165) is 6.42 Å². The Labute approximate surface area is 102 Å². The number of rotatable bonds is 2. The fourth-order valence-electron chi connectivity index (χ4n) is 3.33. The van der Waals surface area contributed by atoms with Gasteiger partial charge in [-0.1, -0.05) is 19.1 Å². The first-order valence-electron chi connectivity index (χ1n) is 6.30. The van der Waals surface area contributed by atoms with E-state index < -0.39 is 5.41 Å². The Morgan fingerprint density at radius 3 is 2.76 bits per heavy atom. The molecule has 0 N–H and O–H groups in total. The number of fused-ring (bicyclic) bond motifs is 2. The van der Waals surface area contributed by atoms with Gasteiger partial charge in [-0.05, 0) is 33.1 Å². The minimum atomic E-state index is -0.470. The van der Waals surface area contributed by atoms with E-state index in [9.17, 15) is 9.59 Å². The van der Waals surface area contributed by atoms with Crippen LogP contribution in [0.5, 0.6) is 0 Å². The number of hydrogen-bond acceptors (Lipinski definition) is 3. The van der Waals surface area contributed by atoms with Crippen LogP contribution in [0, 0.1) is 16.7 Å². The molecular weight excluding hydrogens is 216 g/mol. The van der Waals surface area contributed by atoms with Gasteiger partial charge in [0.2, 0.25) is 0 Å². The van der Waals surface area contributed by atoms with E-state index in [0.29, 0.717) is 19.4 Å². The molecule has 0 aliphatic heterocycles. The summed E-state index contributed by atoms with van der Waals surface area (Å²) in [5, 5.41) is 0. The molecule has 0 aromatic rings. The average Bonchev–Trinajstić information content (AvgIpc) is 2.23. The van der Waals surface area contributed by atoms with Crippen LogP contribution in [0.1, 0.15) is 40.0 Å². The zero-order valence-electron chi connectivity index (χ0n) is 10.8. The van der Waals surface area contributed by atoms with Crippen molar-refractivity contribution in [2.45, 2.75) is 40.0 Å². The Hall–Kier alpha value is -1.12. The summed E-state index contributed by atoms with van der Waals surface area (Å²) in [5.41, 5.74) is -0.845. The predicted octanol–water partition coefficient (Wildman–Crippen LogP) is 2.50. The van der Waals surface area contributed by atoms with E-state index in [1.165, 1.54) is 0 Å². The molecule has 0 aromatic carbocycles. The van der Waals surface area contributed by atoms with E-state index in [1.54, 1.807) is 0 Å². The second-order valence-electron chi connectivity index (χ2n) is 5.77. The standard InChI is InChI=1S/C14H20O3/c1-4-17-11(15)10-8-13(2)6-5-7-14(3,9-10)12(13)16/h5-6,10H,4,7-9H2,1-3H3/t10-,13+,14-/m0/s1. The van der Waals surface area contributed by atoms with E-state index in [4.69, 9.17) is 4.74 Å². The molecule has 0 amide bonds. The molecule has 0 radical (unpaired) electrons. The Morgan fingerprint density at radius 1 is 1.47 bits per heavy atom. The number of carbonyl (C=O) groups is 2. The summed E-state index contributed by atoms with van der Waals surface area (Å²) >= 11 is 0. The van der Waals surface area contributed by atoms with Gasteiger partial charge in [-0.25, -0.2) is 0 Å². The van der Waals surface area contributed by atoms with Gasteiger partial charge in [-0.15, -0.1) is 0 Å². The molecule has 3 atom stereocenters. The third kappa shape index (κ3) is 1.92. The zero-order valence-corrected chi connectivity index (χ0v) is 10.8. The van der Waals surface area contributed by atoms with Crippen LogP contribution in [0.4, 0.5) is 0 Å². The van der Waals surface area contributed by atoms with Gasteiger partial charge in [0.1, 0.15) is 5.78 Å². The predicted molar refractivity (Wildman–Crippen MR) is 64.3 cm³/mol. The smallest absolute Gasteiger partial charge is 0.308 e. The minimum Gasteiger partial charge on any atom is -0.466 e. The summed E-state index contributed by atoms with van der Waals surface area (Å²) in [6.45, 7) is 6.14. The molecular formula is C14H20O3. The highest BCUT2D eigenvalue weighted by molar-refractivity contribution is 5.95. The third-order valence-corrected chi connectivity index (χ3v) is 4.11. The Bertz CT molecular complexity index is 385. The molecule has 0 spiro atoms. The van der Waals surface area contributed by atoms with Crippen molar-refractivity contribution in [3.63, 3.8) is 0 Å². The summed E-state index contributed by atoms with van der Waals surface area (Å²) in [6, 6.07) is 0. The number of esters is 1. The molecule has 3 heteroatoms. The average molecular weight is 236 g/mol. The van der Waals surface area contributed by atoms with Crippen molar-refractivity contribution in [1.29, 1.82) is 0 Å². The van der Waals surface area contributed by atoms with Crippen LogP contribution in [-0.4, -0.2) is 18.4 Å². The summed E-state index contributed by atoms with van der Waals surface area (Å²) in [7, 11) is 0. The number of carbonyl (C=O) groups excluding carboxylic acids is 2. The van der Waals surface area contributed by atoms with Gasteiger partial charge >= 0.3 is 5.97 Å². The number of Topliss-reactive ketones (excluding diaryl/α,β-unsaturated/α-hetero) is 1. The highest BCUT2D eigenvalue weighted by Crippen LogP contribution is 2.51. The lowest BCUT2D eigenvalue weighted by atomic mass is 9.55. The number of ether oxygens (including phenoxy) is 1. The SMILES string of the molecule is CCOC(=O)[C@@H]1C[C@]2(C)CC=C[C@](C)(C1)C2=O. The molecule has 2 rings (SSSR count). The van der Waals surface area contributed by atoms with Crippen LogP contribution in [0.3, 0.4) is 0 Å². The molecule has 0 heterocycles. The maximum Gasteiger partial charge on any atom is 0.308 e. The molecule has 2 aliphatic rings. The minimum absolute atomic E-state index is 0.132. The van der Waals surface area contributed by atoms with Gasteiger partial charge in [0.05, 0.1) is 12.5 Å². The first-order chi connectivity index (χ1) is 7.91. The molecule has 1 fully saturated rings. The van der Waals surface area contributed by atoms with Crippen LogP contribution in [-0.2, 0) is 14.3 Å². The summed E-state index contributed by atoms with van der Waals surface area (Å²) < 4.78 is 5.10. The highest BCUT2D eigenvalue weighted by atomic mass is 16.5. The Morgan fingerprint density at radius 2 is 2.18 bits per heavy atom. The number of ketones is 1. The normalized spacial score (nSPS) is 40.2. The zero-order chi connectivity index (χ0) is 12.7. The van der Waals surface area contributed by atoms with E-state index in [1.807, 2.05) is 26.8 Å².